The third kappa shape index (κ3) is 4.93. The lowest BCUT2D eigenvalue weighted by molar-refractivity contribution is 0.00387. The van der Waals surface area contributed by atoms with Gasteiger partial charge in [0.2, 0.25) is 0 Å². The van der Waals surface area contributed by atoms with Crippen LogP contribution < -0.4 is 4.74 Å². The first-order valence-corrected chi connectivity index (χ1v) is 6.85. The number of para-hydroxylation sites is 1. The largest absolute Gasteiger partial charge is 0.514 e. The quantitative estimate of drug-likeness (QED) is 0.595. The lowest BCUT2D eigenvalue weighted by Gasteiger charge is -2.17. The molecule has 0 bridgehead atoms. The Morgan fingerprint density at radius 1 is 1.00 bits per heavy atom. The Kier molecular flexibility index (Phi) is 5.79. The summed E-state index contributed by atoms with van der Waals surface area (Å²) >= 11 is 0. The Bertz CT molecular complexity index is 539. The maximum atomic E-state index is 11.9. The summed E-state index contributed by atoms with van der Waals surface area (Å²) in [5.41, 5.74) is 0.871. The molecule has 0 fully saturated rings. The fourth-order valence-electron chi connectivity index (χ4n) is 1.82. The zero-order valence-corrected chi connectivity index (χ0v) is 11.9. The molecule has 2 aromatic rings. The smallest absolute Gasteiger partial charge is 0.423 e. The Morgan fingerprint density at radius 3 is 2.24 bits per heavy atom. The van der Waals surface area contributed by atoms with Crippen LogP contribution in [0.5, 0.6) is 5.75 Å². The van der Waals surface area contributed by atoms with Crippen molar-refractivity contribution >= 4 is 6.16 Å². The van der Waals surface area contributed by atoms with Crippen LogP contribution in [-0.4, -0.2) is 19.4 Å². The number of rotatable bonds is 6. The van der Waals surface area contributed by atoms with E-state index < -0.39 is 12.3 Å². The Balaban J connectivity index is 1.99. The van der Waals surface area contributed by atoms with Crippen molar-refractivity contribution in [1.29, 1.82) is 0 Å². The van der Waals surface area contributed by atoms with E-state index in [-0.39, 0.29) is 0 Å². The van der Waals surface area contributed by atoms with Crippen molar-refractivity contribution in [2.75, 3.05) is 13.2 Å². The minimum Gasteiger partial charge on any atom is -0.423 e. The number of carbonyl (C=O) groups excluding carboxylic acids is 1. The van der Waals surface area contributed by atoms with Gasteiger partial charge in [-0.15, -0.1) is 0 Å². The lowest BCUT2D eigenvalue weighted by Crippen LogP contribution is -2.19. The van der Waals surface area contributed by atoms with Crippen molar-refractivity contribution in [2.45, 2.75) is 13.0 Å². The fraction of sp³-hybridized carbons (Fsp3) is 0.235. The first-order valence-electron chi connectivity index (χ1n) is 6.85. The molecule has 21 heavy (non-hydrogen) atoms. The summed E-state index contributed by atoms with van der Waals surface area (Å²) in [6.45, 7) is 2.75. The van der Waals surface area contributed by atoms with Crippen molar-refractivity contribution in [3.63, 3.8) is 0 Å². The summed E-state index contributed by atoms with van der Waals surface area (Å²) in [6, 6.07) is 18.3. The molecule has 0 aromatic heterocycles. The van der Waals surface area contributed by atoms with Crippen LogP contribution in [0.1, 0.15) is 18.6 Å². The molecule has 0 amide bonds. The molecule has 2 aromatic carbocycles. The number of hydrogen-bond acceptors (Lipinski definition) is 4. The van der Waals surface area contributed by atoms with Gasteiger partial charge in [-0.3, -0.25) is 0 Å². The second kappa shape index (κ2) is 8.07. The second-order valence-corrected chi connectivity index (χ2v) is 4.34. The first-order chi connectivity index (χ1) is 10.3. The summed E-state index contributed by atoms with van der Waals surface area (Å²) in [5.74, 6) is 0.450. The van der Waals surface area contributed by atoms with E-state index in [9.17, 15) is 4.79 Å². The van der Waals surface area contributed by atoms with Gasteiger partial charge in [-0.05, 0) is 24.6 Å². The molecule has 2 rings (SSSR count). The molecule has 1 atom stereocenters. The van der Waals surface area contributed by atoms with Gasteiger partial charge in [-0.1, -0.05) is 48.5 Å². The molecule has 0 radical (unpaired) electrons. The molecule has 0 aliphatic carbocycles. The SMILES string of the molecule is CCOCC(OC(=O)Oc1ccccc1)c1ccccc1. The number of ether oxygens (including phenoxy) is 3. The fourth-order valence-corrected chi connectivity index (χ4v) is 1.82. The minimum absolute atomic E-state index is 0.296. The van der Waals surface area contributed by atoms with Gasteiger partial charge >= 0.3 is 6.16 Å². The Labute approximate surface area is 124 Å². The molecule has 0 heterocycles. The van der Waals surface area contributed by atoms with Gasteiger partial charge in [-0.2, -0.15) is 0 Å². The van der Waals surface area contributed by atoms with Crippen LogP contribution in [0, 0.1) is 0 Å². The van der Waals surface area contributed by atoms with Gasteiger partial charge in [-0.25, -0.2) is 4.79 Å². The van der Waals surface area contributed by atoms with E-state index in [0.717, 1.165) is 5.56 Å². The monoisotopic (exact) mass is 286 g/mol. The Hall–Kier alpha value is -2.33. The minimum atomic E-state index is -0.741. The molecule has 0 spiro atoms. The average Bonchev–Trinajstić information content (AvgIpc) is 2.53. The van der Waals surface area contributed by atoms with E-state index >= 15 is 0 Å². The first kappa shape index (κ1) is 15.1. The highest BCUT2D eigenvalue weighted by molar-refractivity contribution is 5.64. The van der Waals surface area contributed by atoms with Crippen molar-refractivity contribution in [1.82, 2.24) is 0 Å². The lowest BCUT2D eigenvalue weighted by atomic mass is 10.1. The van der Waals surface area contributed by atoms with Gasteiger partial charge in [0.15, 0.2) is 6.10 Å². The van der Waals surface area contributed by atoms with Crippen LogP contribution in [-0.2, 0) is 9.47 Å². The summed E-state index contributed by atoms with van der Waals surface area (Å²) < 4.78 is 15.9. The average molecular weight is 286 g/mol. The number of carbonyl (C=O) groups is 1. The predicted octanol–water partition coefficient (Wildman–Crippen LogP) is 3.98. The topological polar surface area (TPSA) is 44.8 Å². The third-order valence-electron chi connectivity index (χ3n) is 2.83. The molecule has 0 aliphatic rings. The van der Waals surface area contributed by atoms with Crippen LogP contribution in [0.15, 0.2) is 60.7 Å². The zero-order chi connectivity index (χ0) is 14.9. The van der Waals surface area contributed by atoms with Crippen LogP contribution >= 0.6 is 0 Å². The second-order valence-electron chi connectivity index (χ2n) is 4.34. The van der Waals surface area contributed by atoms with Crippen LogP contribution in [0.2, 0.25) is 0 Å². The molecule has 0 saturated heterocycles. The van der Waals surface area contributed by atoms with Crippen LogP contribution in [0.3, 0.4) is 0 Å². The van der Waals surface area contributed by atoms with Gasteiger partial charge in [0.1, 0.15) is 5.75 Å². The summed E-state index contributed by atoms with van der Waals surface area (Å²) in [4.78, 5) is 11.9. The van der Waals surface area contributed by atoms with Crippen molar-refractivity contribution in [2.24, 2.45) is 0 Å². The molecule has 110 valence electrons. The highest BCUT2D eigenvalue weighted by Crippen LogP contribution is 2.19. The summed E-state index contributed by atoms with van der Waals surface area (Å²) in [7, 11) is 0. The van der Waals surface area contributed by atoms with E-state index in [1.165, 1.54) is 0 Å². The molecule has 1 unspecified atom stereocenters. The molecule has 0 N–H and O–H groups in total. The maximum absolute atomic E-state index is 11.9. The predicted molar refractivity (Wildman–Crippen MR) is 79.2 cm³/mol. The molecule has 0 aliphatic heterocycles. The molecule has 0 saturated carbocycles. The van der Waals surface area contributed by atoms with Gasteiger partial charge < -0.3 is 14.2 Å². The van der Waals surface area contributed by atoms with E-state index in [1.54, 1.807) is 24.3 Å². The van der Waals surface area contributed by atoms with Gasteiger partial charge in [0.25, 0.3) is 0 Å². The van der Waals surface area contributed by atoms with E-state index in [0.29, 0.717) is 19.0 Å². The van der Waals surface area contributed by atoms with E-state index in [4.69, 9.17) is 14.2 Å². The normalized spacial score (nSPS) is 11.7. The molecular formula is C17H18O4. The van der Waals surface area contributed by atoms with E-state index in [1.807, 2.05) is 43.3 Å². The standard InChI is InChI=1S/C17H18O4/c1-2-19-13-16(14-9-5-3-6-10-14)21-17(18)20-15-11-7-4-8-12-15/h3-12,16H,2,13H2,1H3. The summed E-state index contributed by atoms with van der Waals surface area (Å²) in [6.07, 6.45) is -1.22. The van der Waals surface area contributed by atoms with Crippen molar-refractivity contribution < 1.29 is 19.0 Å². The molecule has 4 heteroatoms. The Morgan fingerprint density at radius 2 is 1.62 bits per heavy atom. The highest BCUT2D eigenvalue weighted by Gasteiger charge is 2.18. The number of hydrogen-bond donors (Lipinski definition) is 0. The van der Waals surface area contributed by atoms with E-state index in [2.05, 4.69) is 0 Å². The third-order valence-corrected chi connectivity index (χ3v) is 2.83. The van der Waals surface area contributed by atoms with Crippen molar-refractivity contribution in [3.05, 3.63) is 66.2 Å². The summed E-state index contributed by atoms with van der Waals surface area (Å²) in [5, 5.41) is 0. The number of benzene rings is 2. The zero-order valence-electron chi connectivity index (χ0n) is 11.9. The molecular weight excluding hydrogens is 268 g/mol. The van der Waals surface area contributed by atoms with Gasteiger partial charge in [0.05, 0.1) is 6.61 Å². The van der Waals surface area contributed by atoms with Crippen molar-refractivity contribution in [3.8, 4) is 5.75 Å². The van der Waals surface area contributed by atoms with Crippen LogP contribution in [0.4, 0.5) is 4.79 Å². The maximum Gasteiger partial charge on any atom is 0.514 e. The van der Waals surface area contributed by atoms with Crippen LogP contribution in [0.25, 0.3) is 0 Å². The molecule has 4 nitrogen and oxygen atoms in total. The highest BCUT2D eigenvalue weighted by atomic mass is 16.7. The van der Waals surface area contributed by atoms with Gasteiger partial charge in [0, 0.05) is 6.61 Å².